The maximum atomic E-state index is 11.3. The first-order valence-electron chi connectivity index (χ1n) is 6.15. The van der Waals surface area contributed by atoms with Crippen molar-refractivity contribution in [3.8, 4) is 0 Å². The van der Waals surface area contributed by atoms with Gasteiger partial charge in [-0.25, -0.2) is 4.98 Å². The minimum Gasteiger partial charge on any atom is -0.469 e. The number of methoxy groups -OCH3 is 1. The Bertz CT molecular complexity index is 514. The number of nitrogens with zero attached hydrogens (tertiary/aromatic N) is 3. The second-order valence-corrected chi connectivity index (χ2v) is 4.25. The van der Waals surface area contributed by atoms with Gasteiger partial charge in [-0.05, 0) is 6.07 Å². The number of hydrogen-bond donors (Lipinski definition) is 0. The Kier molecular flexibility index (Phi) is 4.46. The maximum absolute atomic E-state index is 11.3. The monoisotopic (exact) mass is 281 g/mol. The number of anilines is 1. The molecule has 1 aliphatic heterocycles. The SMILES string of the molecule is COC(=O)Cc1ccnc(N2CCOCC2)c1[N+](=O)[O-]. The Morgan fingerprint density at radius 1 is 1.55 bits per heavy atom. The molecule has 20 heavy (non-hydrogen) atoms. The highest BCUT2D eigenvalue weighted by Gasteiger charge is 2.27. The topological polar surface area (TPSA) is 94.8 Å². The van der Waals surface area contributed by atoms with E-state index in [2.05, 4.69) is 9.72 Å². The lowest BCUT2D eigenvalue weighted by atomic mass is 10.1. The van der Waals surface area contributed by atoms with Crippen LogP contribution < -0.4 is 4.90 Å². The zero-order valence-corrected chi connectivity index (χ0v) is 11.1. The number of morpholine rings is 1. The third-order valence-corrected chi connectivity index (χ3v) is 3.04. The molecule has 0 saturated carbocycles. The largest absolute Gasteiger partial charge is 0.469 e. The van der Waals surface area contributed by atoms with Gasteiger partial charge >= 0.3 is 11.7 Å². The van der Waals surface area contributed by atoms with E-state index in [4.69, 9.17) is 4.74 Å². The number of carbonyl (C=O) groups excluding carboxylic acids is 1. The molecule has 1 aromatic heterocycles. The molecule has 0 unspecified atom stereocenters. The number of pyridine rings is 1. The van der Waals surface area contributed by atoms with Gasteiger partial charge in [0.2, 0.25) is 5.82 Å². The molecule has 0 N–H and O–H groups in total. The van der Waals surface area contributed by atoms with Crippen molar-refractivity contribution < 1.29 is 19.2 Å². The van der Waals surface area contributed by atoms with Gasteiger partial charge in [0.25, 0.3) is 0 Å². The molecule has 0 amide bonds. The van der Waals surface area contributed by atoms with Gasteiger partial charge in [-0.15, -0.1) is 0 Å². The van der Waals surface area contributed by atoms with Gasteiger partial charge in [0.1, 0.15) is 0 Å². The van der Waals surface area contributed by atoms with Crippen LogP contribution in [0.5, 0.6) is 0 Å². The highest BCUT2D eigenvalue weighted by Crippen LogP contribution is 2.30. The molecule has 0 atom stereocenters. The van der Waals surface area contributed by atoms with Crippen LogP contribution in [0.2, 0.25) is 0 Å². The maximum Gasteiger partial charge on any atom is 0.315 e. The van der Waals surface area contributed by atoms with Crippen LogP contribution in [0.25, 0.3) is 0 Å². The zero-order valence-electron chi connectivity index (χ0n) is 11.1. The molecule has 0 bridgehead atoms. The van der Waals surface area contributed by atoms with Crippen molar-refractivity contribution in [2.24, 2.45) is 0 Å². The van der Waals surface area contributed by atoms with Crippen molar-refractivity contribution in [1.29, 1.82) is 0 Å². The first kappa shape index (κ1) is 14.2. The fourth-order valence-corrected chi connectivity index (χ4v) is 2.06. The normalized spacial score (nSPS) is 14.9. The van der Waals surface area contributed by atoms with Crippen molar-refractivity contribution in [3.05, 3.63) is 27.9 Å². The average molecular weight is 281 g/mol. The van der Waals surface area contributed by atoms with Crippen molar-refractivity contribution in [1.82, 2.24) is 4.98 Å². The Hall–Kier alpha value is -2.22. The Morgan fingerprint density at radius 2 is 2.25 bits per heavy atom. The molecule has 2 heterocycles. The summed E-state index contributed by atoms with van der Waals surface area (Å²) in [5.41, 5.74) is 0.165. The lowest BCUT2D eigenvalue weighted by Crippen LogP contribution is -2.37. The van der Waals surface area contributed by atoms with Crippen LogP contribution in [-0.2, 0) is 20.7 Å². The molecule has 0 radical (unpaired) electrons. The van der Waals surface area contributed by atoms with E-state index in [0.29, 0.717) is 31.9 Å². The molecule has 108 valence electrons. The minimum absolute atomic E-state index is 0.139. The van der Waals surface area contributed by atoms with Crippen LogP contribution in [0.1, 0.15) is 5.56 Å². The summed E-state index contributed by atoms with van der Waals surface area (Å²) >= 11 is 0. The molecular formula is C12H15N3O5. The van der Waals surface area contributed by atoms with Crippen molar-refractivity contribution in [2.75, 3.05) is 38.3 Å². The van der Waals surface area contributed by atoms with E-state index in [1.807, 2.05) is 0 Å². The minimum atomic E-state index is -0.521. The first-order chi connectivity index (χ1) is 9.63. The third kappa shape index (κ3) is 3.02. The molecule has 0 aromatic carbocycles. The molecular weight excluding hydrogens is 266 g/mol. The standard InChI is InChI=1S/C12H15N3O5/c1-19-10(16)8-9-2-3-13-12(11(9)15(17)18)14-4-6-20-7-5-14/h2-3H,4-8H2,1H3. The van der Waals surface area contributed by atoms with Gasteiger partial charge in [-0.2, -0.15) is 0 Å². The summed E-state index contributed by atoms with van der Waals surface area (Å²) in [6.45, 7) is 2.07. The molecule has 1 fully saturated rings. The molecule has 1 aliphatic rings. The Balaban J connectivity index is 2.37. The van der Waals surface area contributed by atoms with Gasteiger partial charge < -0.3 is 14.4 Å². The first-order valence-corrected chi connectivity index (χ1v) is 6.15. The molecule has 0 aliphatic carbocycles. The van der Waals surface area contributed by atoms with E-state index in [0.717, 1.165) is 0 Å². The summed E-state index contributed by atoms with van der Waals surface area (Å²) < 4.78 is 9.78. The van der Waals surface area contributed by atoms with E-state index < -0.39 is 10.9 Å². The molecule has 2 rings (SSSR count). The van der Waals surface area contributed by atoms with E-state index in [1.54, 1.807) is 4.90 Å². The van der Waals surface area contributed by atoms with Gasteiger partial charge in [-0.1, -0.05) is 0 Å². The van der Waals surface area contributed by atoms with Gasteiger partial charge in [0, 0.05) is 24.8 Å². The molecule has 1 saturated heterocycles. The van der Waals surface area contributed by atoms with Crippen LogP contribution in [-0.4, -0.2) is 49.3 Å². The second-order valence-electron chi connectivity index (χ2n) is 4.25. The summed E-state index contributed by atoms with van der Waals surface area (Å²) in [7, 11) is 1.25. The van der Waals surface area contributed by atoms with E-state index in [1.165, 1.54) is 19.4 Å². The van der Waals surface area contributed by atoms with Crippen LogP contribution in [0.15, 0.2) is 12.3 Å². The van der Waals surface area contributed by atoms with Crippen LogP contribution >= 0.6 is 0 Å². The smallest absolute Gasteiger partial charge is 0.315 e. The fourth-order valence-electron chi connectivity index (χ4n) is 2.06. The summed E-state index contributed by atoms with van der Waals surface area (Å²) in [4.78, 5) is 28.0. The number of ether oxygens (including phenoxy) is 2. The Labute approximate surface area is 115 Å². The lowest BCUT2D eigenvalue weighted by Gasteiger charge is -2.27. The molecule has 8 heteroatoms. The average Bonchev–Trinajstić information content (AvgIpc) is 2.47. The predicted octanol–water partition coefficient (Wildman–Crippen LogP) is 0.542. The van der Waals surface area contributed by atoms with Crippen molar-refractivity contribution >= 4 is 17.5 Å². The molecule has 1 aromatic rings. The number of esters is 1. The van der Waals surface area contributed by atoms with Crippen molar-refractivity contribution in [2.45, 2.75) is 6.42 Å². The fraction of sp³-hybridized carbons (Fsp3) is 0.500. The van der Waals surface area contributed by atoms with Crippen LogP contribution in [0.4, 0.5) is 11.5 Å². The summed E-state index contributed by atoms with van der Waals surface area (Å²) in [5, 5.41) is 11.3. The van der Waals surface area contributed by atoms with Gasteiger partial charge in [-0.3, -0.25) is 14.9 Å². The Morgan fingerprint density at radius 3 is 2.85 bits per heavy atom. The van der Waals surface area contributed by atoms with E-state index in [9.17, 15) is 14.9 Å². The number of aromatic nitrogens is 1. The van der Waals surface area contributed by atoms with Crippen LogP contribution in [0, 0.1) is 10.1 Å². The van der Waals surface area contributed by atoms with Gasteiger partial charge in [0.05, 0.1) is 31.7 Å². The van der Waals surface area contributed by atoms with Crippen LogP contribution in [0.3, 0.4) is 0 Å². The highest BCUT2D eigenvalue weighted by atomic mass is 16.6. The third-order valence-electron chi connectivity index (χ3n) is 3.04. The number of nitro groups is 1. The summed E-state index contributed by atoms with van der Waals surface area (Å²) in [6.07, 6.45) is 1.32. The van der Waals surface area contributed by atoms with Gasteiger partial charge in [0.15, 0.2) is 0 Å². The molecule has 8 nitrogen and oxygen atoms in total. The second kappa shape index (κ2) is 6.29. The summed E-state index contributed by atoms with van der Waals surface area (Å²) in [5.74, 6) is -0.244. The van der Waals surface area contributed by atoms with E-state index in [-0.39, 0.29) is 17.9 Å². The van der Waals surface area contributed by atoms with E-state index >= 15 is 0 Å². The van der Waals surface area contributed by atoms with Crippen molar-refractivity contribution in [3.63, 3.8) is 0 Å². The highest BCUT2D eigenvalue weighted by molar-refractivity contribution is 5.76. The predicted molar refractivity (Wildman–Crippen MR) is 69.6 cm³/mol. The molecule has 0 spiro atoms. The number of carbonyl (C=O) groups is 1. The zero-order chi connectivity index (χ0) is 14.5. The quantitative estimate of drug-likeness (QED) is 0.451. The summed E-state index contributed by atoms with van der Waals surface area (Å²) in [6, 6.07) is 1.47. The lowest BCUT2D eigenvalue weighted by molar-refractivity contribution is -0.385. The number of hydrogen-bond acceptors (Lipinski definition) is 7. The number of rotatable bonds is 4.